The smallest absolute Gasteiger partial charge is 0.328 e. The number of carbonyl (C=O) groups excluding carboxylic acids is 3. The van der Waals surface area contributed by atoms with Crippen LogP contribution >= 0.6 is 0 Å². The van der Waals surface area contributed by atoms with Gasteiger partial charge in [0.1, 0.15) is 29.8 Å². The van der Waals surface area contributed by atoms with Crippen LogP contribution in [0.5, 0.6) is 0 Å². The maximum Gasteiger partial charge on any atom is 0.328 e. The molecule has 3 N–H and O–H groups in total. The van der Waals surface area contributed by atoms with Crippen molar-refractivity contribution in [1.82, 2.24) is 15.2 Å². The van der Waals surface area contributed by atoms with Gasteiger partial charge in [0.2, 0.25) is 11.8 Å². The van der Waals surface area contributed by atoms with E-state index >= 15 is 0 Å². The summed E-state index contributed by atoms with van der Waals surface area (Å²) in [5, 5.41) is 37.4. The second-order valence-electron chi connectivity index (χ2n) is 6.81. The maximum atomic E-state index is 13.0. The van der Waals surface area contributed by atoms with Gasteiger partial charge >= 0.3 is 6.03 Å². The molecule has 1 aromatic carbocycles. The van der Waals surface area contributed by atoms with E-state index in [2.05, 4.69) is 0 Å². The number of barbiturate groups is 1. The first-order valence-corrected chi connectivity index (χ1v) is 8.97. The minimum atomic E-state index is -1.49. The maximum absolute atomic E-state index is 13.0. The molecular formula is C18H19N5O7. The number of nitro groups is 1. The number of nitro benzene ring substituents is 1. The molecule has 1 saturated heterocycles. The topological polar surface area (TPSA) is 171 Å². The molecule has 4 amide bonds. The second-order valence-corrected chi connectivity index (χ2v) is 6.81. The minimum absolute atomic E-state index is 0.00227. The van der Waals surface area contributed by atoms with Gasteiger partial charge in [-0.3, -0.25) is 30.3 Å². The van der Waals surface area contributed by atoms with Gasteiger partial charge in [-0.25, -0.2) is 14.1 Å². The zero-order chi connectivity index (χ0) is 22.2. The first-order valence-electron chi connectivity index (χ1n) is 8.97. The molecule has 1 aliphatic rings. The number of aromatic nitrogens is 2. The number of nitrogens with one attached hydrogen (secondary N) is 2. The molecule has 1 aromatic heterocycles. The predicted octanol–water partition coefficient (Wildman–Crippen LogP) is -0.247. The minimum Gasteiger partial charge on any atom is -0.711 e. The zero-order valence-corrected chi connectivity index (χ0v) is 16.1. The molecule has 2 aromatic rings. The molecule has 12 heteroatoms. The number of non-ortho nitro benzene ring substituents is 1. The summed E-state index contributed by atoms with van der Waals surface area (Å²) in [6.07, 6.45) is 0. The summed E-state index contributed by atoms with van der Waals surface area (Å²) >= 11 is 0. The largest absolute Gasteiger partial charge is 0.711 e. The van der Waals surface area contributed by atoms with Crippen molar-refractivity contribution >= 4 is 23.5 Å². The van der Waals surface area contributed by atoms with Crippen LogP contribution in [-0.2, 0) is 16.1 Å². The lowest BCUT2D eigenvalue weighted by Gasteiger charge is -2.27. The number of nitrogens with zero attached hydrogens (tertiary/aromatic N) is 3. The SMILES string of the molecule is Cc1c(C)[n+]([O-])c([C@H](c2ccc([N+](=O)[O-])cc2)C2C(=O)NC(=O)NC2=O)n1CCO. The normalized spacial score (nSPS) is 15.6. The van der Waals surface area contributed by atoms with Crippen molar-refractivity contribution in [2.45, 2.75) is 26.3 Å². The van der Waals surface area contributed by atoms with Crippen molar-refractivity contribution in [2.24, 2.45) is 5.92 Å². The van der Waals surface area contributed by atoms with Crippen LogP contribution in [0.4, 0.5) is 10.5 Å². The summed E-state index contributed by atoms with van der Waals surface area (Å²) in [7, 11) is 0. The first kappa shape index (κ1) is 20.9. The van der Waals surface area contributed by atoms with Gasteiger partial charge < -0.3 is 10.3 Å². The van der Waals surface area contributed by atoms with E-state index < -0.39 is 34.6 Å². The second kappa shape index (κ2) is 7.91. The van der Waals surface area contributed by atoms with Crippen molar-refractivity contribution in [3.63, 3.8) is 0 Å². The Morgan fingerprint density at radius 2 is 1.73 bits per heavy atom. The summed E-state index contributed by atoms with van der Waals surface area (Å²) < 4.78 is 2.06. The van der Waals surface area contributed by atoms with Gasteiger partial charge in [0.05, 0.1) is 11.5 Å². The number of hydrogen-bond acceptors (Lipinski definition) is 7. The number of imide groups is 2. The first-order chi connectivity index (χ1) is 14.2. The van der Waals surface area contributed by atoms with Crippen LogP contribution in [0.3, 0.4) is 0 Å². The fourth-order valence-corrected chi connectivity index (χ4v) is 3.60. The Labute approximate surface area is 169 Å². The van der Waals surface area contributed by atoms with Gasteiger partial charge in [0.15, 0.2) is 0 Å². The number of rotatable bonds is 6. The molecule has 0 bridgehead atoms. The fourth-order valence-electron chi connectivity index (χ4n) is 3.60. The molecule has 0 unspecified atom stereocenters. The average Bonchev–Trinajstić information content (AvgIpc) is 2.89. The monoisotopic (exact) mass is 417 g/mol. The number of imidazole rings is 1. The van der Waals surface area contributed by atoms with Crippen LogP contribution in [0.2, 0.25) is 0 Å². The summed E-state index contributed by atoms with van der Waals surface area (Å²) in [5.74, 6) is -4.47. The highest BCUT2D eigenvalue weighted by Gasteiger charge is 2.47. The molecule has 1 fully saturated rings. The summed E-state index contributed by atoms with van der Waals surface area (Å²) in [6.45, 7) is 2.92. The molecular weight excluding hydrogens is 398 g/mol. The zero-order valence-electron chi connectivity index (χ0n) is 16.1. The Morgan fingerprint density at radius 3 is 2.23 bits per heavy atom. The molecule has 158 valence electrons. The number of amides is 4. The molecule has 1 aliphatic heterocycles. The number of aliphatic hydroxyl groups is 1. The van der Waals surface area contributed by atoms with Crippen LogP contribution in [-0.4, -0.2) is 39.0 Å². The Kier molecular flexibility index (Phi) is 5.52. The Hall–Kier alpha value is -3.80. The van der Waals surface area contributed by atoms with Crippen LogP contribution in [0.1, 0.15) is 28.7 Å². The lowest BCUT2D eigenvalue weighted by atomic mass is 9.83. The average molecular weight is 417 g/mol. The van der Waals surface area contributed by atoms with Crippen molar-refractivity contribution in [2.75, 3.05) is 6.61 Å². The highest BCUT2D eigenvalue weighted by Crippen LogP contribution is 2.34. The number of benzene rings is 1. The Balaban J connectivity index is 2.25. The molecule has 0 saturated carbocycles. The van der Waals surface area contributed by atoms with E-state index in [-0.39, 0.29) is 30.2 Å². The van der Waals surface area contributed by atoms with E-state index in [9.17, 15) is 34.8 Å². The molecule has 0 spiro atoms. The van der Waals surface area contributed by atoms with Gasteiger partial charge in [-0.1, -0.05) is 12.1 Å². The third-order valence-corrected chi connectivity index (χ3v) is 5.15. The van der Waals surface area contributed by atoms with Crippen LogP contribution in [0, 0.1) is 35.1 Å². The van der Waals surface area contributed by atoms with E-state index in [1.54, 1.807) is 13.8 Å². The molecule has 1 atom stereocenters. The van der Waals surface area contributed by atoms with E-state index in [1.165, 1.54) is 28.8 Å². The molecule has 2 heterocycles. The van der Waals surface area contributed by atoms with Crippen LogP contribution in [0.15, 0.2) is 24.3 Å². The molecule has 30 heavy (non-hydrogen) atoms. The highest BCUT2D eigenvalue weighted by atomic mass is 16.6. The summed E-state index contributed by atoms with van der Waals surface area (Å²) in [4.78, 5) is 47.0. The van der Waals surface area contributed by atoms with Crippen molar-refractivity contribution < 1.29 is 29.1 Å². The van der Waals surface area contributed by atoms with Gasteiger partial charge in [0, 0.05) is 26.0 Å². The van der Waals surface area contributed by atoms with Crippen molar-refractivity contribution in [3.05, 3.63) is 62.4 Å². The lowest BCUT2D eigenvalue weighted by Crippen LogP contribution is -2.58. The van der Waals surface area contributed by atoms with Gasteiger partial charge in [-0.15, -0.1) is 0 Å². The summed E-state index contributed by atoms with van der Waals surface area (Å²) in [5.41, 5.74) is 0.900. The molecule has 0 radical (unpaired) electrons. The van der Waals surface area contributed by atoms with E-state index in [1.807, 2.05) is 10.6 Å². The lowest BCUT2D eigenvalue weighted by molar-refractivity contribution is -0.621. The van der Waals surface area contributed by atoms with Crippen LogP contribution < -0.4 is 15.4 Å². The van der Waals surface area contributed by atoms with Gasteiger partial charge in [-0.05, 0) is 5.56 Å². The summed E-state index contributed by atoms with van der Waals surface area (Å²) in [6, 6.07) is 4.11. The highest BCUT2D eigenvalue weighted by molar-refractivity contribution is 6.16. The number of hydrogen-bond donors (Lipinski definition) is 3. The third kappa shape index (κ3) is 3.48. The van der Waals surface area contributed by atoms with Crippen LogP contribution in [0.25, 0.3) is 0 Å². The Bertz CT molecular complexity index is 1020. The van der Waals surface area contributed by atoms with E-state index in [0.29, 0.717) is 16.1 Å². The fraction of sp³-hybridized carbons (Fsp3) is 0.333. The number of urea groups is 1. The predicted molar refractivity (Wildman–Crippen MR) is 100 cm³/mol. The van der Waals surface area contributed by atoms with Crippen molar-refractivity contribution in [3.8, 4) is 0 Å². The molecule has 0 aliphatic carbocycles. The van der Waals surface area contributed by atoms with E-state index in [0.717, 1.165) is 0 Å². The third-order valence-electron chi connectivity index (χ3n) is 5.15. The number of aliphatic hydroxyl groups excluding tert-OH is 1. The van der Waals surface area contributed by atoms with E-state index in [4.69, 9.17) is 0 Å². The molecule has 3 rings (SSSR count). The Morgan fingerprint density at radius 1 is 1.17 bits per heavy atom. The standard InChI is InChI=1S/C18H19N5O7/c1-9-10(2)22(28)17(21(9)7-8-24)13(11-3-5-12(6-4-11)23(29)30)14-15(25)19-18(27)20-16(14)26/h3-6,13-14,24H,7-8H2,1-2H3,(H2,19,20,25,26,27)/t13-/m1/s1. The van der Waals surface area contributed by atoms with Gasteiger partial charge in [0.25, 0.3) is 11.5 Å². The number of carbonyl (C=O) groups is 3. The van der Waals surface area contributed by atoms with Gasteiger partial charge in [-0.2, -0.15) is 0 Å². The quantitative estimate of drug-likeness (QED) is 0.191. The van der Waals surface area contributed by atoms with Crippen molar-refractivity contribution in [1.29, 1.82) is 0 Å². The molecule has 12 nitrogen and oxygen atoms in total.